The van der Waals surface area contributed by atoms with Crippen molar-refractivity contribution in [2.24, 2.45) is 0 Å². The third-order valence-corrected chi connectivity index (χ3v) is 13.0. The van der Waals surface area contributed by atoms with Gasteiger partial charge in [-0.2, -0.15) is 0 Å². The predicted molar refractivity (Wildman–Crippen MR) is 220 cm³/mol. The molecule has 0 saturated carbocycles. The third-order valence-electron chi connectivity index (χ3n) is 11.0. The smallest absolute Gasteiger partial charge is 0.124 e. The van der Waals surface area contributed by atoms with Crippen molar-refractivity contribution in [3.8, 4) is 33.6 Å². The van der Waals surface area contributed by atoms with E-state index in [2.05, 4.69) is 124 Å². The van der Waals surface area contributed by atoms with Crippen molar-refractivity contribution in [2.75, 3.05) is 0 Å². The molecule has 2 aliphatic carbocycles. The van der Waals surface area contributed by atoms with E-state index < -0.39 is 8.07 Å². The van der Waals surface area contributed by atoms with Gasteiger partial charge in [-0.3, -0.25) is 0 Å². The van der Waals surface area contributed by atoms with Gasteiger partial charge in [-0.1, -0.05) is 97.5 Å². The van der Waals surface area contributed by atoms with Crippen LogP contribution in [0.15, 0.2) is 102 Å². The molecular formula is C48H48IrN2OSi-2. The van der Waals surface area contributed by atoms with Gasteiger partial charge in [0.2, 0.25) is 0 Å². The minimum atomic E-state index is -1.34. The maximum absolute atomic E-state index is 6.75. The van der Waals surface area contributed by atoms with Crippen LogP contribution < -0.4 is 5.19 Å². The van der Waals surface area contributed by atoms with E-state index in [1.807, 2.05) is 24.4 Å². The fraction of sp³-hybridized carbons (Fsp3) is 0.292. The van der Waals surface area contributed by atoms with Crippen LogP contribution >= 0.6 is 0 Å². The van der Waals surface area contributed by atoms with Gasteiger partial charge in [0.1, 0.15) is 5.58 Å². The number of nitrogens with zero attached hydrogens (tertiary/aromatic N) is 2. The summed E-state index contributed by atoms with van der Waals surface area (Å²) in [4.78, 5) is 9.51. The van der Waals surface area contributed by atoms with Crippen molar-refractivity contribution in [2.45, 2.75) is 90.8 Å². The van der Waals surface area contributed by atoms with Crippen molar-refractivity contribution >= 4 is 35.2 Å². The second-order valence-electron chi connectivity index (χ2n) is 15.9. The molecule has 3 heterocycles. The van der Waals surface area contributed by atoms with Crippen LogP contribution in [0.2, 0.25) is 19.6 Å². The fourth-order valence-corrected chi connectivity index (χ4v) is 10.0. The summed E-state index contributed by atoms with van der Waals surface area (Å²) in [5.41, 5.74) is 16.0. The van der Waals surface area contributed by atoms with E-state index in [0.29, 0.717) is 5.92 Å². The standard InChI is InChI=1S/C31H26NO.C17H22NSi.Ir/c1-2-9-20(10-3-1)27-19-28-25-15-8-16-26(29-22-12-5-4-11-21(22)17-18-32-29)30(25)33-31(28)24-14-7-6-13-23(24)27;1-13(2)15-11-16(14-9-7-6-8-10-14)18-12-17(15)19(3,4)5;/h1-3,8-10,15,17-19H,4-7,11-14H2;6-9,11-13H,1-5H3;/q2*-1;. The van der Waals surface area contributed by atoms with Crippen molar-refractivity contribution in [3.63, 3.8) is 0 Å². The summed E-state index contributed by atoms with van der Waals surface area (Å²) >= 11 is 0. The van der Waals surface area contributed by atoms with Crippen LogP contribution in [0.3, 0.4) is 0 Å². The van der Waals surface area contributed by atoms with E-state index >= 15 is 0 Å². The van der Waals surface area contributed by atoms with Gasteiger partial charge in [0, 0.05) is 37.9 Å². The van der Waals surface area contributed by atoms with Crippen molar-refractivity contribution in [1.29, 1.82) is 0 Å². The number of aromatic nitrogens is 2. The van der Waals surface area contributed by atoms with Gasteiger partial charge in [0.05, 0.1) is 13.7 Å². The first kappa shape index (κ1) is 37.2. The molecule has 0 saturated heterocycles. The first-order valence-electron chi connectivity index (χ1n) is 19.2. The molecule has 0 spiro atoms. The van der Waals surface area contributed by atoms with Gasteiger partial charge in [0.25, 0.3) is 0 Å². The summed E-state index contributed by atoms with van der Waals surface area (Å²) in [5.74, 6) is 0.534. The molecule has 271 valence electrons. The largest absolute Gasteiger partial charge is 0.500 e. The first-order valence-corrected chi connectivity index (χ1v) is 22.7. The molecule has 3 nitrogen and oxygen atoms in total. The van der Waals surface area contributed by atoms with Crippen LogP contribution in [0.4, 0.5) is 0 Å². The summed E-state index contributed by atoms with van der Waals surface area (Å²) in [6, 6.07) is 36.7. The molecule has 5 heteroatoms. The predicted octanol–water partition coefficient (Wildman–Crippen LogP) is 12.1. The van der Waals surface area contributed by atoms with E-state index in [0.717, 1.165) is 59.4 Å². The molecule has 4 aromatic carbocycles. The minimum absolute atomic E-state index is 0. The normalized spacial score (nSPS) is 13.9. The number of pyridine rings is 2. The Labute approximate surface area is 329 Å². The molecule has 53 heavy (non-hydrogen) atoms. The number of hydrogen-bond acceptors (Lipinski definition) is 3. The number of rotatable bonds is 5. The van der Waals surface area contributed by atoms with Crippen molar-refractivity contribution < 1.29 is 24.5 Å². The van der Waals surface area contributed by atoms with Crippen LogP contribution in [0, 0.1) is 12.1 Å². The van der Waals surface area contributed by atoms with Crippen molar-refractivity contribution in [1.82, 2.24) is 9.97 Å². The zero-order valence-corrected chi connectivity index (χ0v) is 35.0. The molecule has 0 atom stereocenters. The Hall–Kier alpha value is -4.15. The van der Waals surface area contributed by atoms with Crippen LogP contribution in [-0.2, 0) is 45.8 Å². The third kappa shape index (κ3) is 7.37. The molecule has 3 aromatic heterocycles. The Bertz CT molecular complexity index is 2370. The fourth-order valence-electron chi connectivity index (χ4n) is 8.34. The Morgan fingerprint density at radius 2 is 1.43 bits per heavy atom. The van der Waals surface area contributed by atoms with Gasteiger partial charge < -0.3 is 14.4 Å². The van der Waals surface area contributed by atoms with Crippen LogP contribution in [0.1, 0.15) is 73.3 Å². The average molecular weight is 889 g/mol. The van der Waals surface area contributed by atoms with E-state index in [1.54, 1.807) is 0 Å². The molecular weight excluding hydrogens is 841 g/mol. The summed E-state index contributed by atoms with van der Waals surface area (Å²) in [6.07, 6.45) is 13.5. The summed E-state index contributed by atoms with van der Waals surface area (Å²) in [5, 5.41) is 3.88. The molecule has 1 radical (unpaired) electrons. The van der Waals surface area contributed by atoms with E-state index in [1.165, 1.54) is 80.6 Å². The summed E-state index contributed by atoms with van der Waals surface area (Å²) in [6.45, 7) is 11.7. The maximum Gasteiger partial charge on any atom is 0.124 e. The Morgan fingerprint density at radius 1 is 0.698 bits per heavy atom. The molecule has 0 bridgehead atoms. The number of furan rings is 1. The van der Waals surface area contributed by atoms with E-state index in [-0.39, 0.29) is 20.1 Å². The second kappa shape index (κ2) is 15.7. The summed E-state index contributed by atoms with van der Waals surface area (Å²) < 4.78 is 6.75. The van der Waals surface area contributed by atoms with Gasteiger partial charge in [-0.15, -0.1) is 54.1 Å². The maximum atomic E-state index is 6.75. The number of hydrogen-bond donors (Lipinski definition) is 0. The zero-order valence-electron chi connectivity index (χ0n) is 31.6. The molecule has 2 aliphatic rings. The Kier molecular flexibility index (Phi) is 11.0. The van der Waals surface area contributed by atoms with Gasteiger partial charge >= 0.3 is 0 Å². The Morgan fingerprint density at radius 3 is 2.17 bits per heavy atom. The number of fused-ring (bicyclic) bond motifs is 6. The molecule has 0 amide bonds. The molecule has 0 N–H and O–H groups in total. The Balaban J connectivity index is 0.000000187. The molecule has 0 unspecified atom stereocenters. The van der Waals surface area contributed by atoms with Gasteiger partial charge in [0.15, 0.2) is 0 Å². The summed E-state index contributed by atoms with van der Waals surface area (Å²) in [7, 11) is -1.34. The van der Waals surface area contributed by atoms with Crippen molar-refractivity contribution in [3.05, 3.63) is 137 Å². The van der Waals surface area contributed by atoms with E-state index in [4.69, 9.17) is 9.40 Å². The van der Waals surface area contributed by atoms with Gasteiger partial charge in [-0.05, 0) is 108 Å². The quantitative estimate of drug-likeness (QED) is 0.128. The topological polar surface area (TPSA) is 38.9 Å². The van der Waals surface area contributed by atoms with Crippen LogP contribution in [0.25, 0.3) is 55.6 Å². The molecule has 0 fully saturated rings. The van der Waals surface area contributed by atoms with Gasteiger partial charge in [-0.25, -0.2) is 0 Å². The number of aryl methyl sites for hydroxylation is 2. The minimum Gasteiger partial charge on any atom is -0.500 e. The first-order chi connectivity index (χ1) is 25.3. The van der Waals surface area contributed by atoms with E-state index in [9.17, 15) is 0 Å². The average Bonchev–Trinajstić information content (AvgIpc) is 3.57. The number of benzene rings is 4. The molecule has 7 aromatic rings. The zero-order chi connectivity index (χ0) is 35.8. The monoisotopic (exact) mass is 889 g/mol. The van der Waals surface area contributed by atoms with Crippen LogP contribution in [0.5, 0.6) is 0 Å². The van der Waals surface area contributed by atoms with Crippen LogP contribution in [-0.4, -0.2) is 18.0 Å². The molecule has 9 rings (SSSR count). The SMILES string of the molecule is CC(C)c1cc(-c2[c-]cccc2)ncc1[Si](C)(C)C.[Ir].[c-]1ccc2c(oc3c4c(c(-c5ccccc5)cc32)CCCC4)c1-c1nccc2c1CCCC2. The molecule has 0 aliphatic heterocycles. The second-order valence-corrected chi connectivity index (χ2v) is 20.9.